The highest BCUT2D eigenvalue weighted by atomic mass is 15.1. The summed E-state index contributed by atoms with van der Waals surface area (Å²) < 4.78 is 0. The quantitative estimate of drug-likeness (QED) is 0.824. The number of nitrogens with zero attached hydrogens (tertiary/aromatic N) is 1. The average molecular weight is 282 g/mol. The van der Waals surface area contributed by atoms with Gasteiger partial charge < -0.3 is 10.2 Å². The Labute approximate surface area is 128 Å². The summed E-state index contributed by atoms with van der Waals surface area (Å²) in [4.78, 5) is 2.33. The van der Waals surface area contributed by atoms with Crippen LogP contribution in [0.3, 0.4) is 0 Å². The van der Waals surface area contributed by atoms with E-state index >= 15 is 0 Å². The van der Waals surface area contributed by atoms with Crippen molar-refractivity contribution in [3.8, 4) is 0 Å². The van der Waals surface area contributed by atoms with Gasteiger partial charge in [-0.25, -0.2) is 0 Å². The van der Waals surface area contributed by atoms with E-state index in [1.807, 2.05) is 7.05 Å². The van der Waals surface area contributed by atoms with Gasteiger partial charge in [0.15, 0.2) is 0 Å². The second kappa shape index (κ2) is 7.84. The summed E-state index contributed by atoms with van der Waals surface area (Å²) in [6, 6.07) is 19.9. The van der Waals surface area contributed by atoms with E-state index < -0.39 is 0 Å². The summed E-state index contributed by atoms with van der Waals surface area (Å²) in [7, 11) is 4.20. The molecule has 0 aliphatic rings. The standard InChI is InChI=1S/C19H26N2/c1-4-16-10-12-18(13-11-16)21(3)15-14-19(20-2)17-8-6-5-7-9-17/h5-13,19-20H,4,14-15H2,1-3H3. The largest absolute Gasteiger partial charge is 0.375 e. The summed E-state index contributed by atoms with van der Waals surface area (Å²) in [6.45, 7) is 3.22. The van der Waals surface area contributed by atoms with E-state index in [1.54, 1.807) is 0 Å². The lowest BCUT2D eigenvalue weighted by molar-refractivity contribution is 0.549. The van der Waals surface area contributed by atoms with Crippen LogP contribution in [0.25, 0.3) is 0 Å². The van der Waals surface area contributed by atoms with Gasteiger partial charge in [0.2, 0.25) is 0 Å². The Balaban J connectivity index is 1.94. The Morgan fingerprint density at radius 1 is 1.00 bits per heavy atom. The lowest BCUT2D eigenvalue weighted by Crippen LogP contribution is -2.25. The van der Waals surface area contributed by atoms with E-state index in [9.17, 15) is 0 Å². The topological polar surface area (TPSA) is 15.3 Å². The van der Waals surface area contributed by atoms with Crippen molar-refractivity contribution < 1.29 is 0 Å². The molecule has 0 spiro atoms. The second-order valence-electron chi connectivity index (χ2n) is 5.48. The van der Waals surface area contributed by atoms with Crippen LogP contribution in [0.1, 0.15) is 30.5 Å². The number of hydrogen-bond acceptors (Lipinski definition) is 2. The number of benzene rings is 2. The predicted octanol–water partition coefficient (Wildman–Crippen LogP) is 4.04. The second-order valence-corrected chi connectivity index (χ2v) is 5.48. The van der Waals surface area contributed by atoms with Gasteiger partial charge in [-0.2, -0.15) is 0 Å². The molecule has 0 aromatic heterocycles. The fraction of sp³-hybridized carbons (Fsp3) is 0.368. The molecular weight excluding hydrogens is 256 g/mol. The molecule has 0 amide bonds. The lowest BCUT2D eigenvalue weighted by atomic mass is 10.0. The van der Waals surface area contributed by atoms with Crippen LogP contribution in [0.15, 0.2) is 54.6 Å². The highest BCUT2D eigenvalue weighted by molar-refractivity contribution is 5.46. The number of nitrogens with one attached hydrogen (secondary N) is 1. The van der Waals surface area contributed by atoms with Gasteiger partial charge in [0.25, 0.3) is 0 Å². The van der Waals surface area contributed by atoms with Gasteiger partial charge in [-0.1, -0.05) is 49.4 Å². The molecule has 0 aliphatic heterocycles. The van der Waals surface area contributed by atoms with Crippen LogP contribution >= 0.6 is 0 Å². The summed E-state index contributed by atoms with van der Waals surface area (Å²) in [5.41, 5.74) is 4.04. The molecule has 0 saturated heterocycles. The number of rotatable bonds is 7. The van der Waals surface area contributed by atoms with Crippen LogP contribution in [-0.4, -0.2) is 20.6 Å². The first kappa shape index (κ1) is 15.6. The number of aryl methyl sites for hydroxylation is 1. The minimum atomic E-state index is 0.406. The summed E-state index contributed by atoms with van der Waals surface area (Å²) in [5, 5.41) is 3.42. The van der Waals surface area contributed by atoms with Crippen molar-refractivity contribution in [1.29, 1.82) is 0 Å². The van der Waals surface area contributed by atoms with Crippen molar-refractivity contribution in [1.82, 2.24) is 5.32 Å². The van der Waals surface area contributed by atoms with Crippen molar-refractivity contribution in [2.45, 2.75) is 25.8 Å². The Hall–Kier alpha value is -1.80. The van der Waals surface area contributed by atoms with Crippen LogP contribution in [0.4, 0.5) is 5.69 Å². The Morgan fingerprint density at radius 3 is 2.24 bits per heavy atom. The first-order chi connectivity index (χ1) is 10.2. The monoisotopic (exact) mass is 282 g/mol. The van der Waals surface area contributed by atoms with Gasteiger partial charge in [0, 0.05) is 25.3 Å². The first-order valence-electron chi connectivity index (χ1n) is 7.77. The zero-order valence-electron chi connectivity index (χ0n) is 13.3. The maximum Gasteiger partial charge on any atom is 0.0363 e. The molecule has 2 rings (SSSR count). The van der Waals surface area contributed by atoms with Crippen LogP contribution in [0, 0.1) is 0 Å². The van der Waals surface area contributed by atoms with Crippen LogP contribution < -0.4 is 10.2 Å². The van der Waals surface area contributed by atoms with E-state index in [0.717, 1.165) is 19.4 Å². The minimum absolute atomic E-state index is 0.406. The zero-order valence-corrected chi connectivity index (χ0v) is 13.3. The maximum absolute atomic E-state index is 3.42. The Kier molecular flexibility index (Phi) is 5.82. The molecule has 0 heterocycles. The van der Waals surface area contributed by atoms with Crippen molar-refractivity contribution >= 4 is 5.69 Å². The van der Waals surface area contributed by atoms with Crippen LogP contribution in [0.5, 0.6) is 0 Å². The molecular formula is C19H26N2. The molecule has 1 atom stereocenters. The van der Waals surface area contributed by atoms with Gasteiger partial charge in [0.1, 0.15) is 0 Å². The molecule has 0 saturated carbocycles. The van der Waals surface area contributed by atoms with E-state index in [1.165, 1.54) is 16.8 Å². The molecule has 0 aliphatic carbocycles. The van der Waals surface area contributed by atoms with E-state index in [-0.39, 0.29) is 0 Å². The lowest BCUT2D eigenvalue weighted by Gasteiger charge is -2.23. The first-order valence-corrected chi connectivity index (χ1v) is 7.77. The Morgan fingerprint density at radius 2 is 1.67 bits per heavy atom. The molecule has 112 valence electrons. The van der Waals surface area contributed by atoms with Crippen LogP contribution in [0.2, 0.25) is 0 Å². The van der Waals surface area contributed by atoms with Crippen LogP contribution in [-0.2, 0) is 6.42 Å². The van der Waals surface area contributed by atoms with E-state index in [0.29, 0.717) is 6.04 Å². The minimum Gasteiger partial charge on any atom is -0.375 e. The third-order valence-electron chi connectivity index (χ3n) is 4.09. The number of anilines is 1. The molecule has 0 fully saturated rings. The van der Waals surface area contributed by atoms with Gasteiger partial charge in [0.05, 0.1) is 0 Å². The molecule has 2 heteroatoms. The summed E-state index contributed by atoms with van der Waals surface area (Å²) in [5.74, 6) is 0. The molecule has 2 aromatic rings. The van der Waals surface area contributed by atoms with Gasteiger partial charge >= 0.3 is 0 Å². The predicted molar refractivity (Wildman–Crippen MR) is 91.9 cm³/mol. The summed E-state index contributed by atoms with van der Waals surface area (Å²) >= 11 is 0. The van der Waals surface area contributed by atoms with E-state index in [2.05, 4.69) is 78.8 Å². The SMILES string of the molecule is CCc1ccc(N(C)CCC(NC)c2ccccc2)cc1. The van der Waals surface area contributed by atoms with E-state index in [4.69, 9.17) is 0 Å². The molecule has 0 radical (unpaired) electrons. The smallest absolute Gasteiger partial charge is 0.0363 e. The molecule has 1 N–H and O–H groups in total. The maximum atomic E-state index is 3.42. The fourth-order valence-electron chi connectivity index (χ4n) is 2.60. The van der Waals surface area contributed by atoms with Crippen molar-refractivity contribution in [3.05, 3.63) is 65.7 Å². The van der Waals surface area contributed by atoms with Gasteiger partial charge in [-0.3, -0.25) is 0 Å². The summed E-state index contributed by atoms with van der Waals surface area (Å²) in [6.07, 6.45) is 2.19. The molecule has 2 aromatic carbocycles. The highest BCUT2D eigenvalue weighted by Gasteiger charge is 2.10. The number of hydrogen-bond donors (Lipinski definition) is 1. The Bertz CT molecular complexity index is 519. The normalized spacial score (nSPS) is 12.1. The third kappa shape index (κ3) is 4.33. The zero-order chi connectivity index (χ0) is 15.1. The van der Waals surface area contributed by atoms with Gasteiger partial charge in [-0.05, 0) is 43.1 Å². The highest BCUT2D eigenvalue weighted by Crippen LogP contribution is 2.19. The average Bonchev–Trinajstić information content (AvgIpc) is 2.56. The molecule has 2 nitrogen and oxygen atoms in total. The third-order valence-corrected chi connectivity index (χ3v) is 4.09. The van der Waals surface area contributed by atoms with Crippen molar-refractivity contribution in [2.75, 3.05) is 25.5 Å². The molecule has 1 unspecified atom stereocenters. The van der Waals surface area contributed by atoms with Crippen molar-refractivity contribution in [2.24, 2.45) is 0 Å². The fourth-order valence-corrected chi connectivity index (χ4v) is 2.60. The molecule has 21 heavy (non-hydrogen) atoms. The van der Waals surface area contributed by atoms with Crippen molar-refractivity contribution in [3.63, 3.8) is 0 Å². The van der Waals surface area contributed by atoms with Gasteiger partial charge in [-0.15, -0.1) is 0 Å². The molecule has 0 bridgehead atoms.